The second-order valence-electron chi connectivity index (χ2n) is 10.4. The zero-order valence-electron chi connectivity index (χ0n) is 9.20. The van der Waals surface area contributed by atoms with Crippen molar-refractivity contribution in [1.29, 1.82) is 0 Å². The van der Waals surface area contributed by atoms with Crippen LogP contribution in [0.1, 0.15) is 0 Å². The van der Waals surface area contributed by atoms with Gasteiger partial charge in [0.15, 0.2) is 0 Å². The summed E-state index contributed by atoms with van der Waals surface area (Å²) in [7, 11) is 0. The van der Waals surface area contributed by atoms with Gasteiger partial charge in [0, 0.05) is 0 Å². The first-order valence-corrected chi connectivity index (χ1v) is 13.3. The molecule has 0 aliphatic carbocycles. The van der Waals surface area contributed by atoms with Crippen molar-refractivity contribution in [3.05, 3.63) is 18.5 Å². The van der Waals surface area contributed by atoms with Crippen LogP contribution in [0.2, 0.25) is 48.2 Å². The summed E-state index contributed by atoms with van der Waals surface area (Å²) in [5.41, 5.74) is 0. The van der Waals surface area contributed by atoms with Gasteiger partial charge in [-0.2, -0.15) is 0 Å². The third-order valence-electron chi connectivity index (χ3n) is 14.9. The Bertz CT molecular complexity index is 777. The van der Waals surface area contributed by atoms with E-state index in [-0.39, 0.29) is 0 Å². The third kappa shape index (κ3) is 0.0673. The van der Waals surface area contributed by atoms with Crippen molar-refractivity contribution in [2.75, 3.05) is 0 Å². The average Bonchev–Trinajstić information content (AvgIpc) is 3.33. The molecule has 1 aromatic heterocycles. The molecule has 1 aromatic rings. The molecule has 11 rings (SSSR count). The van der Waals surface area contributed by atoms with E-state index in [2.05, 4.69) is 15.4 Å². The zero-order chi connectivity index (χ0) is 10.3. The van der Waals surface area contributed by atoms with E-state index in [9.17, 15) is 0 Å². The zero-order valence-corrected chi connectivity index (χ0v) is 10.3. The van der Waals surface area contributed by atoms with Crippen LogP contribution in [-0.4, -0.2) is 15.4 Å². The van der Waals surface area contributed by atoms with E-state index in [4.69, 9.17) is 0 Å². The number of rotatable bonds is 0. The van der Waals surface area contributed by atoms with E-state index < -0.39 is 6.51 Å². The van der Waals surface area contributed by atoms with Gasteiger partial charge in [-0.3, -0.25) is 0 Å². The molecule has 0 unspecified atom stereocenters. The van der Waals surface area contributed by atoms with Crippen LogP contribution in [0.3, 0.4) is 0 Å². The molecule has 0 saturated carbocycles. The summed E-state index contributed by atoms with van der Waals surface area (Å²) < 4.78 is 0. The van der Waals surface area contributed by atoms with Gasteiger partial charge in [0.25, 0.3) is 0 Å². The molecule has 11 heterocycles. The maximum atomic E-state index is 3.42. The van der Waals surface area contributed by atoms with Crippen molar-refractivity contribution in [3.63, 3.8) is 0 Å². The second kappa shape index (κ2) is 0.506. The molecule has 0 bridgehead atoms. The van der Waals surface area contributed by atoms with Crippen molar-refractivity contribution in [3.8, 4) is 0 Å². The molecule has 17 heavy (non-hydrogen) atoms. The molecule has 10 fully saturated rings. The minimum atomic E-state index is -2.28. The quantitative estimate of drug-likeness (QED) is 0.677. The maximum Gasteiger partial charge on any atom is 0.0529 e. The Hall–Kier alpha value is -0.471. The predicted molar refractivity (Wildman–Crippen MR) is 57.3 cm³/mol. The number of aromatic nitrogens is 3. The Balaban J connectivity index is 0.0000000917. The molecule has 0 aromatic carbocycles. The van der Waals surface area contributed by atoms with Gasteiger partial charge in [-0.05, 0) is 11.3 Å². The first-order chi connectivity index (χ1) is 8.16. The molecule has 0 amide bonds. The largest absolute Gasteiger partial charge is 0.139 e. The van der Waals surface area contributed by atoms with E-state index in [1.807, 2.05) is 0 Å². The Morgan fingerprint density at radius 3 is 1.00 bits per heavy atom. The smallest absolute Gasteiger partial charge is 0.0529 e. The monoisotopic (exact) mass is 267 g/mol. The van der Waals surface area contributed by atoms with E-state index in [0.717, 1.165) is 0 Å². The van der Waals surface area contributed by atoms with Gasteiger partial charge < -0.3 is 0 Å². The molecular weight excluding hydrogens is 254 g/mol. The molecule has 0 atom stereocenters. The minimum Gasteiger partial charge on any atom is -0.139 e. The van der Waals surface area contributed by atoms with E-state index >= 15 is 0 Å². The van der Waals surface area contributed by atoms with Crippen LogP contribution in [0.4, 0.5) is 0 Å². The molecule has 1 spiro atoms. The minimum absolute atomic E-state index is 1.58. The number of hydrogen-bond donors (Lipinski definition) is 0. The second-order valence-corrected chi connectivity index (χ2v) is 34.3. The molecule has 4 heteroatoms. The van der Waals surface area contributed by atoms with Gasteiger partial charge in [0.2, 0.25) is 0 Å². The van der Waals surface area contributed by atoms with Crippen LogP contribution in [0.25, 0.3) is 0 Å². The summed E-state index contributed by atoms with van der Waals surface area (Å²) in [6.07, 6.45) is 3.15. The summed E-state index contributed by atoms with van der Waals surface area (Å²) in [5.74, 6) is 0. The van der Waals surface area contributed by atoms with Gasteiger partial charge in [-0.1, -0.05) is 0 Å². The molecular formula is C13H13FeN3. The molecule has 10 aliphatic rings. The standard InChI is InChI=1S/2C5H5.C3H3N3.Fe/c2*1-2-4-5-3-1;1-2-4-6-5-3-1;/h2*1-5H;1-3H;. The van der Waals surface area contributed by atoms with Crippen molar-refractivity contribution >= 4 is 0 Å². The van der Waals surface area contributed by atoms with Gasteiger partial charge >= 0.3 is 54.7 Å². The van der Waals surface area contributed by atoms with Crippen LogP contribution < -0.4 is 0 Å². The number of hydrogen-bond acceptors (Lipinski definition) is 3. The molecule has 0 radical (unpaired) electrons. The van der Waals surface area contributed by atoms with Gasteiger partial charge in [-0.25, -0.2) is 0 Å². The summed E-state index contributed by atoms with van der Waals surface area (Å²) in [4.78, 5) is 15.9. The fourth-order valence-electron chi connectivity index (χ4n) is 16.0. The normalized spacial score (nSPS) is 113. The van der Waals surface area contributed by atoms with E-state index in [1.165, 1.54) is 0 Å². The average molecular weight is 267 g/mol. The van der Waals surface area contributed by atoms with E-state index in [1.54, 1.807) is 66.6 Å². The number of fused-ring (bicyclic) bond motifs is 10. The summed E-state index contributed by atoms with van der Waals surface area (Å²) in [6, 6.07) is 1.72. The number of nitrogens with zero attached hydrogens (tertiary/aromatic N) is 3. The van der Waals surface area contributed by atoms with Crippen LogP contribution in [0.5, 0.6) is 0 Å². The Morgan fingerprint density at radius 1 is 0.588 bits per heavy atom. The molecule has 88 valence electrons. The SMILES string of the molecule is [CH]12[CH]3[CH]4[CH]5[CH]1[Fe]23451678[CH]2[CH]1[CH]6[CH]7[CH]28.c1cnnnc1. The summed E-state index contributed by atoms with van der Waals surface area (Å²) in [6.45, 7) is -2.28. The molecule has 10 aliphatic heterocycles. The summed E-state index contributed by atoms with van der Waals surface area (Å²) >= 11 is 0. The molecule has 10 saturated heterocycles. The van der Waals surface area contributed by atoms with Crippen LogP contribution in [-0.2, 0) is 6.51 Å². The summed E-state index contributed by atoms with van der Waals surface area (Å²) in [5, 5.41) is 10.1. The Labute approximate surface area is 88.7 Å². The van der Waals surface area contributed by atoms with Gasteiger partial charge in [0.1, 0.15) is 0 Å². The Morgan fingerprint density at radius 2 is 0.941 bits per heavy atom. The van der Waals surface area contributed by atoms with Crippen molar-refractivity contribution in [1.82, 2.24) is 15.4 Å². The maximum absolute atomic E-state index is 3.42. The fourth-order valence-corrected chi connectivity index (χ4v) is 88.2. The topological polar surface area (TPSA) is 38.7 Å². The predicted octanol–water partition coefficient (Wildman–Crippen LogP) is 3.25. The van der Waals surface area contributed by atoms with Crippen LogP contribution in [0.15, 0.2) is 18.5 Å². The molecule has 0 N–H and O–H groups in total. The van der Waals surface area contributed by atoms with Crippen LogP contribution >= 0.6 is 0 Å². The third-order valence-corrected chi connectivity index (χ3v) is 56.9. The van der Waals surface area contributed by atoms with Crippen molar-refractivity contribution in [2.45, 2.75) is 48.2 Å². The van der Waals surface area contributed by atoms with E-state index in [0.29, 0.717) is 0 Å². The van der Waals surface area contributed by atoms with Gasteiger partial charge in [-0.15, -0.1) is 10.2 Å². The first kappa shape index (κ1) is 6.12. The molecule has 3 nitrogen and oxygen atoms in total. The van der Waals surface area contributed by atoms with Crippen molar-refractivity contribution < 1.29 is 6.51 Å². The van der Waals surface area contributed by atoms with Gasteiger partial charge in [0.05, 0.1) is 12.4 Å². The fraction of sp³-hybridized carbons (Fsp3) is 0.769. The van der Waals surface area contributed by atoms with Crippen molar-refractivity contribution in [2.24, 2.45) is 0 Å². The van der Waals surface area contributed by atoms with Crippen LogP contribution in [0, 0.1) is 0 Å². The first-order valence-electron chi connectivity index (χ1n) is 6.96. The Kier molecular flexibility index (Phi) is 0.182.